The monoisotopic (exact) mass is 224 g/mol. The van der Waals surface area contributed by atoms with Crippen molar-refractivity contribution in [2.45, 2.75) is 58.0 Å². The molecule has 92 valence electrons. The van der Waals surface area contributed by atoms with Gasteiger partial charge in [0.25, 0.3) is 0 Å². The number of carbonyl (C=O) groups excluding carboxylic acids is 1. The molecule has 0 saturated heterocycles. The molecule has 2 saturated carbocycles. The lowest BCUT2D eigenvalue weighted by molar-refractivity contribution is -0.121. The average molecular weight is 224 g/mol. The molecule has 3 unspecified atom stereocenters. The molecule has 16 heavy (non-hydrogen) atoms. The molecule has 2 N–H and O–H groups in total. The summed E-state index contributed by atoms with van der Waals surface area (Å²) >= 11 is 0. The normalized spacial score (nSPS) is 34.8. The minimum absolute atomic E-state index is 0.179. The number of hydrogen-bond donors (Lipinski definition) is 2. The fourth-order valence-corrected chi connectivity index (χ4v) is 2.57. The molecule has 2 fully saturated rings. The summed E-state index contributed by atoms with van der Waals surface area (Å²) in [6.45, 7) is 5.07. The maximum absolute atomic E-state index is 11.7. The largest absolute Gasteiger partial charge is 0.352 e. The van der Waals surface area contributed by atoms with Crippen molar-refractivity contribution in [1.82, 2.24) is 10.6 Å². The lowest BCUT2D eigenvalue weighted by Crippen LogP contribution is -2.46. The van der Waals surface area contributed by atoms with Gasteiger partial charge >= 0.3 is 0 Å². The van der Waals surface area contributed by atoms with Gasteiger partial charge in [-0.3, -0.25) is 4.79 Å². The van der Waals surface area contributed by atoms with Gasteiger partial charge in [-0.2, -0.15) is 0 Å². The Morgan fingerprint density at radius 1 is 1.19 bits per heavy atom. The van der Waals surface area contributed by atoms with Crippen LogP contribution in [0.15, 0.2) is 0 Å². The summed E-state index contributed by atoms with van der Waals surface area (Å²) in [5, 5.41) is 6.44. The van der Waals surface area contributed by atoms with Crippen molar-refractivity contribution in [2.24, 2.45) is 11.8 Å². The Morgan fingerprint density at radius 2 is 1.94 bits per heavy atom. The van der Waals surface area contributed by atoms with Crippen LogP contribution < -0.4 is 10.6 Å². The predicted octanol–water partition coefficient (Wildman–Crippen LogP) is 1.68. The van der Waals surface area contributed by atoms with Gasteiger partial charge in [0.1, 0.15) is 0 Å². The highest BCUT2D eigenvalue weighted by Crippen LogP contribution is 2.29. The highest BCUT2D eigenvalue weighted by molar-refractivity contribution is 5.78. The molecule has 2 aliphatic carbocycles. The van der Waals surface area contributed by atoms with E-state index in [9.17, 15) is 4.79 Å². The van der Waals surface area contributed by atoms with E-state index >= 15 is 0 Å². The second kappa shape index (κ2) is 5.17. The summed E-state index contributed by atoms with van der Waals surface area (Å²) in [6, 6.07) is 1.02. The molecule has 0 spiro atoms. The Hall–Kier alpha value is -0.570. The van der Waals surface area contributed by atoms with E-state index in [0.29, 0.717) is 24.5 Å². The quantitative estimate of drug-likeness (QED) is 0.763. The molecule has 0 aromatic rings. The van der Waals surface area contributed by atoms with E-state index in [1.54, 1.807) is 0 Å². The second-order valence-corrected chi connectivity index (χ2v) is 5.60. The minimum Gasteiger partial charge on any atom is -0.352 e. The van der Waals surface area contributed by atoms with Gasteiger partial charge in [0.2, 0.25) is 5.91 Å². The summed E-state index contributed by atoms with van der Waals surface area (Å²) in [4.78, 5) is 11.7. The third-order valence-corrected chi connectivity index (χ3v) is 4.18. The SMILES string of the molecule is CC1CCCC(NC(=O)CNC2CC2)C1C. The van der Waals surface area contributed by atoms with Gasteiger partial charge in [-0.15, -0.1) is 0 Å². The topological polar surface area (TPSA) is 41.1 Å². The summed E-state index contributed by atoms with van der Waals surface area (Å²) < 4.78 is 0. The van der Waals surface area contributed by atoms with Crippen LogP contribution in [0.4, 0.5) is 0 Å². The Balaban J connectivity index is 1.71. The van der Waals surface area contributed by atoms with Gasteiger partial charge in [0.05, 0.1) is 6.54 Å². The van der Waals surface area contributed by atoms with Crippen LogP contribution in [0.3, 0.4) is 0 Å². The van der Waals surface area contributed by atoms with Crippen molar-refractivity contribution < 1.29 is 4.79 Å². The van der Waals surface area contributed by atoms with Gasteiger partial charge in [-0.1, -0.05) is 26.7 Å². The smallest absolute Gasteiger partial charge is 0.234 e. The first-order chi connectivity index (χ1) is 7.66. The maximum atomic E-state index is 11.7. The Kier molecular flexibility index (Phi) is 3.85. The predicted molar refractivity (Wildman–Crippen MR) is 65.1 cm³/mol. The highest BCUT2D eigenvalue weighted by atomic mass is 16.2. The van der Waals surface area contributed by atoms with Crippen LogP contribution in [-0.4, -0.2) is 24.5 Å². The van der Waals surface area contributed by atoms with Gasteiger partial charge in [0.15, 0.2) is 0 Å². The molecule has 3 heteroatoms. The van der Waals surface area contributed by atoms with Gasteiger partial charge in [-0.05, 0) is 31.1 Å². The molecule has 3 atom stereocenters. The number of carbonyl (C=O) groups is 1. The van der Waals surface area contributed by atoms with Crippen molar-refractivity contribution in [3.8, 4) is 0 Å². The third-order valence-electron chi connectivity index (χ3n) is 4.18. The standard InChI is InChI=1S/C13H24N2O/c1-9-4-3-5-12(10(9)2)15-13(16)8-14-11-6-7-11/h9-12,14H,3-8H2,1-2H3,(H,15,16). The van der Waals surface area contributed by atoms with Crippen molar-refractivity contribution in [3.05, 3.63) is 0 Å². The highest BCUT2D eigenvalue weighted by Gasteiger charge is 2.28. The molecule has 0 bridgehead atoms. The van der Waals surface area contributed by atoms with Crippen molar-refractivity contribution in [2.75, 3.05) is 6.54 Å². The molecule has 0 radical (unpaired) electrons. The molecule has 0 heterocycles. The van der Waals surface area contributed by atoms with Crippen LogP contribution in [0.25, 0.3) is 0 Å². The average Bonchev–Trinajstić information content (AvgIpc) is 3.06. The fourth-order valence-electron chi connectivity index (χ4n) is 2.57. The van der Waals surface area contributed by atoms with Gasteiger partial charge in [-0.25, -0.2) is 0 Å². The van der Waals surface area contributed by atoms with Crippen LogP contribution >= 0.6 is 0 Å². The molecular weight excluding hydrogens is 200 g/mol. The lowest BCUT2D eigenvalue weighted by atomic mass is 9.78. The first kappa shape index (κ1) is 11.9. The Morgan fingerprint density at radius 3 is 2.62 bits per heavy atom. The van der Waals surface area contributed by atoms with Gasteiger partial charge in [0, 0.05) is 12.1 Å². The maximum Gasteiger partial charge on any atom is 0.234 e. The first-order valence-corrected chi connectivity index (χ1v) is 6.69. The molecule has 1 amide bonds. The Bertz CT molecular complexity index is 250. The van der Waals surface area contributed by atoms with Gasteiger partial charge < -0.3 is 10.6 Å². The van der Waals surface area contributed by atoms with Crippen molar-refractivity contribution in [3.63, 3.8) is 0 Å². The molecule has 0 aromatic carbocycles. The zero-order valence-electron chi connectivity index (χ0n) is 10.5. The minimum atomic E-state index is 0.179. The first-order valence-electron chi connectivity index (χ1n) is 6.69. The molecule has 2 rings (SSSR count). The van der Waals surface area contributed by atoms with Crippen LogP contribution in [0.2, 0.25) is 0 Å². The van der Waals surface area contributed by atoms with E-state index in [4.69, 9.17) is 0 Å². The van der Waals surface area contributed by atoms with E-state index in [-0.39, 0.29) is 5.91 Å². The third kappa shape index (κ3) is 3.21. The lowest BCUT2D eigenvalue weighted by Gasteiger charge is -2.34. The number of amides is 1. The number of hydrogen-bond acceptors (Lipinski definition) is 2. The molecule has 3 nitrogen and oxygen atoms in total. The van der Waals surface area contributed by atoms with E-state index in [1.165, 1.54) is 25.7 Å². The molecule has 2 aliphatic rings. The zero-order valence-corrected chi connectivity index (χ0v) is 10.5. The second-order valence-electron chi connectivity index (χ2n) is 5.60. The summed E-state index contributed by atoms with van der Waals surface area (Å²) in [5.74, 6) is 1.55. The van der Waals surface area contributed by atoms with Crippen molar-refractivity contribution >= 4 is 5.91 Å². The van der Waals surface area contributed by atoms with Crippen LogP contribution in [0.1, 0.15) is 46.0 Å². The van der Waals surface area contributed by atoms with E-state index < -0.39 is 0 Å². The van der Waals surface area contributed by atoms with E-state index in [2.05, 4.69) is 24.5 Å². The summed E-state index contributed by atoms with van der Waals surface area (Å²) in [6.07, 6.45) is 6.20. The molecule has 0 aromatic heterocycles. The Labute approximate surface area is 98.4 Å². The molecular formula is C13H24N2O. The van der Waals surface area contributed by atoms with Crippen LogP contribution in [0, 0.1) is 11.8 Å². The number of nitrogens with one attached hydrogen (secondary N) is 2. The van der Waals surface area contributed by atoms with Crippen molar-refractivity contribution in [1.29, 1.82) is 0 Å². The number of rotatable bonds is 4. The summed E-state index contributed by atoms with van der Waals surface area (Å²) in [7, 11) is 0. The van der Waals surface area contributed by atoms with E-state index in [1.807, 2.05) is 0 Å². The zero-order chi connectivity index (χ0) is 11.5. The molecule has 0 aliphatic heterocycles. The summed E-state index contributed by atoms with van der Waals surface area (Å²) in [5.41, 5.74) is 0. The van der Waals surface area contributed by atoms with Crippen LogP contribution in [-0.2, 0) is 4.79 Å². The van der Waals surface area contributed by atoms with E-state index in [0.717, 1.165) is 12.3 Å². The van der Waals surface area contributed by atoms with Crippen LogP contribution in [0.5, 0.6) is 0 Å². The fraction of sp³-hybridized carbons (Fsp3) is 0.923.